The molecule has 2 rings (SSSR count). The topological polar surface area (TPSA) is 68.2 Å². The molecule has 0 saturated heterocycles. The number of rotatable bonds is 9. The third kappa shape index (κ3) is 5.80. The lowest BCUT2D eigenvalue weighted by Crippen LogP contribution is -2.36. The molecule has 0 aliphatic rings. The first-order valence-electron chi connectivity index (χ1n) is 7.46. The Morgan fingerprint density at radius 2 is 2.04 bits per heavy atom. The van der Waals surface area contributed by atoms with Crippen molar-refractivity contribution in [3.8, 4) is 5.69 Å². The van der Waals surface area contributed by atoms with Crippen molar-refractivity contribution in [2.45, 2.75) is 6.42 Å². The normalized spacial score (nSPS) is 10.7. The number of hydrogen-bond donors (Lipinski definition) is 2. The maximum atomic E-state index is 12.9. The summed E-state index contributed by atoms with van der Waals surface area (Å²) in [6.07, 6.45) is 2.45. The van der Waals surface area contributed by atoms with Gasteiger partial charge in [-0.1, -0.05) is 0 Å². The van der Waals surface area contributed by atoms with Crippen LogP contribution in [0, 0.1) is 5.82 Å². The molecule has 0 fully saturated rings. The number of hydrogen-bond acceptors (Lipinski definition) is 4. The van der Waals surface area contributed by atoms with E-state index in [1.54, 1.807) is 23.9 Å². The van der Waals surface area contributed by atoms with E-state index in [0.717, 1.165) is 11.4 Å². The van der Waals surface area contributed by atoms with E-state index in [1.807, 2.05) is 12.3 Å². The van der Waals surface area contributed by atoms with Gasteiger partial charge in [-0.25, -0.2) is 9.07 Å². The van der Waals surface area contributed by atoms with E-state index in [4.69, 9.17) is 4.74 Å². The van der Waals surface area contributed by atoms with Crippen LogP contribution in [-0.2, 0) is 16.0 Å². The number of amides is 1. The Labute approximate surface area is 134 Å². The number of nitrogens with one attached hydrogen (secondary N) is 2. The van der Waals surface area contributed by atoms with Crippen LogP contribution in [-0.4, -0.2) is 49.0 Å². The van der Waals surface area contributed by atoms with Crippen molar-refractivity contribution in [1.29, 1.82) is 0 Å². The highest BCUT2D eigenvalue weighted by Crippen LogP contribution is 2.09. The fraction of sp³-hybridized carbons (Fsp3) is 0.375. The lowest BCUT2D eigenvalue weighted by atomic mass is 10.3. The van der Waals surface area contributed by atoms with Crippen LogP contribution < -0.4 is 10.6 Å². The zero-order valence-electron chi connectivity index (χ0n) is 13.1. The van der Waals surface area contributed by atoms with Gasteiger partial charge < -0.3 is 15.4 Å². The fourth-order valence-electron chi connectivity index (χ4n) is 2.00. The number of halogens is 1. The number of aromatic nitrogens is 2. The van der Waals surface area contributed by atoms with E-state index in [-0.39, 0.29) is 18.3 Å². The van der Waals surface area contributed by atoms with Crippen LogP contribution in [0.25, 0.3) is 5.69 Å². The maximum absolute atomic E-state index is 12.9. The van der Waals surface area contributed by atoms with Gasteiger partial charge in [-0.15, -0.1) is 0 Å². The van der Waals surface area contributed by atoms with Gasteiger partial charge in [0.05, 0.1) is 24.5 Å². The molecule has 23 heavy (non-hydrogen) atoms. The van der Waals surface area contributed by atoms with Crippen molar-refractivity contribution in [2.24, 2.45) is 0 Å². The number of benzene rings is 1. The van der Waals surface area contributed by atoms with Crippen LogP contribution in [0.3, 0.4) is 0 Å². The van der Waals surface area contributed by atoms with Crippen LogP contribution in [0.15, 0.2) is 36.5 Å². The summed E-state index contributed by atoms with van der Waals surface area (Å²) in [5.74, 6) is -0.331. The Morgan fingerprint density at radius 3 is 2.78 bits per heavy atom. The van der Waals surface area contributed by atoms with Crippen molar-refractivity contribution in [2.75, 3.05) is 33.4 Å². The average Bonchev–Trinajstić information content (AvgIpc) is 3.01. The first kappa shape index (κ1) is 17.1. The fourth-order valence-corrected chi connectivity index (χ4v) is 2.00. The zero-order chi connectivity index (χ0) is 16.5. The van der Waals surface area contributed by atoms with Crippen molar-refractivity contribution in [3.05, 3.63) is 48.0 Å². The first-order chi connectivity index (χ1) is 11.2. The minimum atomic E-state index is -0.275. The van der Waals surface area contributed by atoms with Gasteiger partial charge in [0.2, 0.25) is 5.91 Å². The predicted molar refractivity (Wildman–Crippen MR) is 85.0 cm³/mol. The SMILES string of the molecule is COCCNCC(=O)NCCc1ccn(-c2ccc(F)cc2)n1. The van der Waals surface area contributed by atoms with Crippen molar-refractivity contribution < 1.29 is 13.9 Å². The van der Waals surface area contributed by atoms with Crippen molar-refractivity contribution in [3.63, 3.8) is 0 Å². The molecule has 6 nitrogen and oxygen atoms in total. The number of methoxy groups -OCH3 is 1. The Kier molecular flexibility index (Phi) is 6.71. The highest BCUT2D eigenvalue weighted by Gasteiger charge is 2.04. The molecule has 0 aliphatic carbocycles. The second kappa shape index (κ2) is 9.02. The average molecular weight is 320 g/mol. The highest BCUT2D eigenvalue weighted by atomic mass is 19.1. The summed E-state index contributed by atoms with van der Waals surface area (Å²) in [5, 5.41) is 10.2. The molecular weight excluding hydrogens is 299 g/mol. The largest absolute Gasteiger partial charge is 0.383 e. The summed E-state index contributed by atoms with van der Waals surface area (Å²) < 4.78 is 19.5. The molecule has 2 N–H and O–H groups in total. The molecule has 0 saturated carbocycles. The van der Waals surface area contributed by atoms with Crippen LogP contribution >= 0.6 is 0 Å². The molecule has 1 aromatic carbocycles. The molecule has 0 atom stereocenters. The van der Waals surface area contributed by atoms with Gasteiger partial charge in [-0.05, 0) is 30.3 Å². The van der Waals surface area contributed by atoms with Crippen LogP contribution in [0.2, 0.25) is 0 Å². The van der Waals surface area contributed by atoms with Gasteiger partial charge >= 0.3 is 0 Å². The quantitative estimate of drug-likeness (QED) is 0.674. The summed E-state index contributed by atoms with van der Waals surface area (Å²) in [7, 11) is 1.62. The van der Waals surface area contributed by atoms with E-state index in [2.05, 4.69) is 15.7 Å². The van der Waals surface area contributed by atoms with Crippen LogP contribution in [0.1, 0.15) is 5.69 Å². The van der Waals surface area contributed by atoms with Crippen molar-refractivity contribution >= 4 is 5.91 Å². The smallest absolute Gasteiger partial charge is 0.233 e. The van der Waals surface area contributed by atoms with Gasteiger partial charge in [-0.2, -0.15) is 5.10 Å². The van der Waals surface area contributed by atoms with Gasteiger partial charge in [0, 0.05) is 32.8 Å². The standard InChI is InChI=1S/C16H21FN4O2/c1-23-11-9-18-12-16(22)19-8-6-14-7-10-21(20-14)15-4-2-13(17)3-5-15/h2-5,7,10,18H,6,8-9,11-12H2,1H3,(H,19,22). The predicted octanol–water partition coefficient (Wildman–Crippen LogP) is 0.906. The molecule has 1 heterocycles. The molecule has 2 aromatic rings. The molecular formula is C16H21FN4O2. The Balaban J connectivity index is 1.72. The Morgan fingerprint density at radius 1 is 1.26 bits per heavy atom. The Bertz CT molecular complexity index is 613. The van der Waals surface area contributed by atoms with Crippen LogP contribution in [0.5, 0.6) is 0 Å². The molecule has 0 radical (unpaired) electrons. The van der Waals surface area contributed by atoms with Crippen LogP contribution in [0.4, 0.5) is 4.39 Å². The minimum absolute atomic E-state index is 0.0564. The maximum Gasteiger partial charge on any atom is 0.233 e. The summed E-state index contributed by atoms with van der Waals surface area (Å²) in [6, 6.07) is 8.01. The summed E-state index contributed by atoms with van der Waals surface area (Å²) in [5.41, 5.74) is 1.66. The monoisotopic (exact) mass is 320 g/mol. The molecule has 0 spiro atoms. The lowest BCUT2D eigenvalue weighted by Gasteiger charge is -2.05. The van der Waals surface area contributed by atoms with Gasteiger partial charge in [0.15, 0.2) is 0 Å². The number of carbonyl (C=O) groups excluding carboxylic acids is 1. The first-order valence-corrected chi connectivity index (χ1v) is 7.46. The van der Waals surface area contributed by atoms with E-state index in [9.17, 15) is 9.18 Å². The lowest BCUT2D eigenvalue weighted by molar-refractivity contribution is -0.120. The van der Waals surface area contributed by atoms with Gasteiger partial charge in [0.1, 0.15) is 5.82 Å². The van der Waals surface area contributed by atoms with Gasteiger partial charge in [0.25, 0.3) is 0 Å². The van der Waals surface area contributed by atoms with Gasteiger partial charge in [-0.3, -0.25) is 4.79 Å². The molecule has 7 heteroatoms. The second-order valence-electron chi connectivity index (χ2n) is 5.00. The zero-order valence-corrected chi connectivity index (χ0v) is 13.1. The van der Waals surface area contributed by atoms with E-state index < -0.39 is 0 Å². The third-order valence-electron chi connectivity index (χ3n) is 3.21. The summed E-state index contributed by atoms with van der Waals surface area (Å²) in [6.45, 7) is 2.01. The summed E-state index contributed by atoms with van der Waals surface area (Å²) in [4.78, 5) is 11.6. The Hall–Kier alpha value is -2.25. The number of nitrogens with zero attached hydrogens (tertiary/aromatic N) is 2. The highest BCUT2D eigenvalue weighted by molar-refractivity contribution is 5.77. The molecule has 0 bridgehead atoms. The molecule has 0 aliphatic heterocycles. The molecule has 124 valence electrons. The number of carbonyl (C=O) groups is 1. The number of ether oxygens (including phenoxy) is 1. The van der Waals surface area contributed by atoms with E-state index in [1.165, 1.54) is 12.1 Å². The molecule has 1 aromatic heterocycles. The minimum Gasteiger partial charge on any atom is -0.383 e. The van der Waals surface area contributed by atoms with Crippen molar-refractivity contribution in [1.82, 2.24) is 20.4 Å². The third-order valence-corrected chi connectivity index (χ3v) is 3.21. The molecule has 1 amide bonds. The summed E-state index contributed by atoms with van der Waals surface area (Å²) >= 11 is 0. The second-order valence-corrected chi connectivity index (χ2v) is 5.00. The van der Waals surface area contributed by atoms with E-state index >= 15 is 0 Å². The van der Waals surface area contributed by atoms with E-state index in [0.29, 0.717) is 26.1 Å². The molecule has 0 unspecified atom stereocenters.